The first-order valence-corrected chi connectivity index (χ1v) is 6.68. The van der Waals surface area contributed by atoms with Gasteiger partial charge in [0.2, 0.25) is 0 Å². The smallest absolute Gasteiger partial charge is 0.270 e. The number of nitrogens with zero attached hydrogens (tertiary/aromatic N) is 2. The molecule has 19 heavy (non-hydrogen) atoms. The summed E-state index contributed by atoms with van der Waals surface area (Å²) >= 11 is 0. The number of hydrogen-bond donors (Lipinski definition) is 2. The number of morpholine rings is 1. The van der Waals surface area contributed by atoms with Crippen LogP contribution in [0.25, 0.3) is 0 Å². The highest BCUT2D eigenvalue weighted by molar-refractivity contribution is 5.94. The number of amides is 1. The van der Waals surface area contributed by atoms with Crippen LogP contribution in [0.4, 0.5) is 5.69 Å². The van der Waals surface area contributed by atoms with Crippen LogP contribution in [-0.4, -0.2) is 52.9 Å². The number of carbonyl (C=O) groups is 1. The third-order valence-corrected chi connectivity index (χ3v) is 3.66. The molecule has 0 aromatic carbocycles. The van der Waals surface area contributed by atoms with E-state index in [1.165, 1.54) is 0 Å². The van der Waals surface area contributed by atoms with Crippen LogP contribution in [0.15, 0.2) is 12.3 Å². The topological polar surface area (TPSA) is 80.7 Å². The van der Waals surface area contributed by atoms with Crippen LogP contribution in [0.2, 0.25) is 0 Å². The lowest BCUT2D eigenvalue weighted by molar-refractivity contribution is -0.0449. The van der Waals surface area contributed by atoms with Crippen molar-refractivity contribution >= 4 is 11.6 Å². The Labute approximate surface area is 111 Å². The molecular weight excluding hydrogens is 246 g/mol. The first-order valence-electron chi connectivity index (χ1n) is 6.68. The van der Waals surface area contributed by atoms with Gasteiger partial charge in [-0.1, -0.05) is 0 Å². The predicted molar refractivity (Wildman–Crippen MR) is 69.8 cm³/mol. The molecule has 104 valence electrons. The highest BCUT2D eigenvalue weighted by atomic mass is 16.5. The number of nitrogens with two attached hydrogens (primary N) is 1. The van der Waals surface area contributed by atoms with E-state index in [4.69, 9.17) is 15.6 Å². The third kappa shape index (κ3) is 2.46. The van der Waals surface area contributed by atoms with Gasteiger partial charge in [0.15, 0.2) is 0 Å². The van der Waals surface area contributed by atoms with Crippen molar-refractivity contribution in [2.24, 2.45) is 0 Å². The zero-order valence-electron chi connectivity index (χ0n) is 10.8. The van der Waals surface area contributed by atoms with Crippen molar-refractivity contribution in [3.05, 3.63) is 18.0 Å². The molecule has 2 heterocycles. The summed E-state index contributed by atoms with van der Waals surface area (Å²) in [6.45, 7) is 1.41. The third-order valence-electron chi connectivity index (χ3n) is 3.66. The van der Waals surface area contributed by atoms with E-state index >= 15 is 0 Å². The van der Waals surface area contributed by atoms with Gasteiger partial charge in [-0.3, -0.25) is 4.79 Å². The van der Waals surface area contributed by atoms with E-state index in [0.717, 1.165) is 12.8 Å². The Hall–Kier alpha value is -1.53. The maximum Gasteiger partial charge on any atom is 0.270 e. The molecule has 6 heteroatoms. The van der Waals surface area contributed by atoms with Crippen LogP contribution >= 0.6 is 0 Å². The zero-order chi connectivity index (χ0) is 13.4. The zero-order valence-corrected chi connectivity index (χ0v) is 10.8. The summed E-state index contributed by atoms with van der Waals surface area (Å²) in [6, 6.07) is 2.16. The minimum atomic E-state index is -0.278. The second-order valence-corrected chi connectivity index (χ2v) is 5.22. The van der Waals surface area contributed by atoms with E-state index in [2.05, 4.69) is 0 Å². The lowest BCUT2D eigenvalue weighted by Gasteiger charge is -2.32. The van der Waals surface area contributed by atoms with Gasteiger partial charge in [-0.2, -0.15) is 0 Å². The Balaban J connectivity index is 1.79. The van der Waals surface area contributed by atoms with Gasteiger partial charge in [0.1, 0.15) is 5.69 Å². The van der Waals surface area contributed by atoms with E-state index in [1.807, 2.05) is 10.8 Å². The van der Waals surface area contributed by atoms with Gasteiger partial charge in [-0.05, 0) is 18.9 Å². The standard InChI is InChI=1S/C13H19N3O3/c14-9-5-12(16(6-9)10-1-2-10)13(18)15-3-4-19-11(7-15)8-17/h5-6,10-11,17H,1-4,7-8,14H2. The molecule has 2 fully saturated rings. The first-order chi connectivity index (χ1) is 9.19. The summed E-state index contributed by atoms with van der Waals surface area (Å²) in [4.78, 5) is 14.3. The van der Waals surface area contributed by atoms with E-state index in [-0.39, 0.29) is 18.6 Å². The molecule has 3 N–H and O–H groups in total. The molecule has 1 saturated heterocycles. The molecule has 1 aromatic heterocycles. The van der Waals surface area contributed by atoms with E-state index in [0.29, 0.717) is 37.1 Å². The van der Waals surface area contributed by atoms with Crippen molar-refractivity contribution in [2.45, 2.75) is 25.0 Å². The number of aliphatic hydroxyl groups excluding tert-OH is 1. The fraction of sp³-hybridized carbons (Fsp3) is 0.615. The second kappa shape index (κ2) is 4.86. The maximum atomic E-state index is 12.5. The van der Waals surface area contributed by atoms with Gasteiger partial charge in [0.25, 0.3) is 5.91 Å². The average Bonchev–Trinajstić information content (AvgIpc) is 3.21. The Morgan fingerprint density at radius 1 is 1.53 bits per heavy atom. The van der Waals surface area contributed by atoms with Gasteiger partial charge in [0.05, 0.1) is 25.0 Å². The Kier molecular flexibility index (Phi) is 3.20. The molecule has 1 aliphatic heterocycles. The first kappa shape index (κ1) is 12.5. The predicted octanol–water partition coefficient (Wildman–Crippen LogP) is 0.238. The van der Waals surface area contributed by atoms with Crippen LogP contribution in [0.5, 0.6) is 0 Å². The Bertz CT molecular complexity index is 481. The summed E-state index contributed by atoms with van der Waals surface area (Å²) < 4.78 is 7.35. The summed E-state index contributed by atoms with van der Waals surface area (Å²) in [5, 5.41) is 9.13. The van der Waals surface area contributed by atoms with Gasteiger partial charge in [0, 0.05) is 25.3 Å². The summed E-state index contributed by atoms with van der Waals surface area (Å²) in [5.74, 6) is -0.0228. The number of aromatic nitrogens is 1. The monoisotopic (exact) mass is 265 g/mol. The number of carbonyl (C=O) groups excluding carboxylic acids is 1. The number of aliphatic hydroxyl groups is 1. The summed E-state index contributed by atoms with van der Waals surface area (Å²) in [7, 11) is 0. The van der Waals surface area contributed by atoms with Crippen molar-refractivity contribution in [3.63, 3.8) is 0 Å². The molecule has 1 amide bonds. The molecule has 0 radical (unpaired) electrons. The number of rotatable bonds is 3. The van der Waals surface area contributed by atoms with Crippen LogP contribution in [-0.2, 0) is 4.74 Å². The van der Waals surface area contributed by atoms with E-state index < -0.39 is 0 Å². The molecule has 1 aliphatic carbocycles. The van der Waals surface area contributed by atoms with Crippen molar-refractivity contribution in [3.8, 4) is 0 Å². The normalized spacial score (nSPS) is 23.6. The second-order valence-electron chi connectivity index (χ2n) is 5.22. The number of anilines is 1. The lowest BCUT2D eigenvalue weighted by Crippen LogP contribution is -2.47. The van der Waals surface area contributed by atoms with Crippen LogP contribution in [0.1, 0.15) is 29.4 Å². The number of ether oxygens (including phenoxy) is 1. The molecular formula is C13H19N3O3. The molecule has 1 atom stereocenters. The largest absolute Gasteiger partial charge is 0.397 e. The van der Waals surface area contributed by atoms with E-state index in [1.54, 1.807) is 11.0 Å². The molecule has 0 bridgehead atoms. The van der Waals surface area contributed by atoms with Crippen LogP contribution in [0, 0.1) is 0 Å². The molecule has 1 saturated carbocycles. The maximum absolute atomic E-state index is 12.5. The fourth-order valence-electron chi connectivity index (χ4n) is 2.50. The molecule has 1 unspecified atom stereocenters. The quantitative estimate of drug-likeness (QED) is 0.820. The van der Waals surface area contributed by atoms with Gasteiger partial charge >= 0.3 is 0 Å². The number of hydrogen-bond acceptors (Lipinski definition) is 4. The Morgan fingerprint density at radius 2 is 2.32 bits per heavy atom. The van der Waals surface area contributed by atoms with E-state index in [9.17, 15) is 4.79 Å². The van der Waals surface area contributed by atoms with Crippen molar-refractivity contribution in [2.75, 3.05) is 32.0 Å². The van der Waals surface area contributed by atoms with Gasteiger partial charge in [-0.15, -0.1) is 0 Å². The average molecular weight is 265 g/mol. The minimum absolute atomic E-state index is 0.0228. The molecule has 0 spiro atoms. The lowest BCUT2D eigenvalue weighted by atomic mass is 10.2. The van der Waals surface area contributed by atoms with Crippen molar-refractivity contribution in [1.29, 1.82) is 0 Å². The Morgan fingerprint density at radius 3 is 3.00 bits per heavy atom. The molecule has 2 aliphatic rings. The highest BCUT2D eigenvalue weighted by Crippen LogP contribution is 2.37. The molecule has 6 nitrogen and oxygen atoms in total. The minimum Gasteiger partial charge on any atom is -0.397 e. The summed E-state index contributed by atoms with van der Waals surface area (Å²) in [6.07, 6.45) is 3.78. The SMILES string of the molecule is Nc1cc(C(=O)N2CCOC(CO)C2)n(C2CC2)c1. The van der Waals surface area contributed by atoms with Crippen molar-refractivity contribution in [1.82, 2.24) is 9.47 Å². The van der Waals surface area contributed by atoms with Crippen molar-refractivity contribution < 1.29 is 14.6 Å². The van der Waals surface area contributed by atoms with Crippen LogP contribution < -0.4 is 5.73 Å². The molecule has 3 rings (SSSR count). The van der Waals surface area contributed by atoms with Gasteiger partial charge < -0.3 is 25.0 Å². The highest BCUT2D eigenvalue weighted by Gasteiger charge is 2.31. The summed E-state index contributed by atoms with van der Waals surface area (Å²) in [5.41, 5.74) is 7.09. The molecule has 1 aromatic rings. The van der Waals surface area contributed by atoms with Crippen LogP contribution in [0.3, 0.4) is 0 Å². The number of nitrogen functional groups attached to an aromatic ring is 1. The van der Waals surface area contributed by atoms with Gasteiger partial charge in [-0.25, -0.2) is 0 Å². The fourth-order valence-corrected chi connectivity index (χ4v) is 2.50.